The molecule has 0 aliphatic heterocycles. The zero-order chi connectivity index (χ0) is 15.9. The lowest BCUT2D eigenvalue weighted by Gasteiger charge is -2.24. The molecule has 0 spiro atoms. The molecule has 0 aliphatic carbocycles. The largest absolute Gasteiger partial charge is 0.387 e. The highest BCUT2D eigenvalue weighted by Crippen LogP contribution is 2.20. The zero-order valence-corrected chi connectivity index (χ0v) is 15.3. The van der Waals surface area contributed by atoms with E-state index in [4.69, 9.17) is 0 Å². The van der Waals surface area contributed by atoms with E-state index < -0.39 is 6.10 Å². The number of aliphatic hydroxyl groups excluding tert-OH is 1. The Kier molecular flexibility index (Phi) is 6.86. The quantitative estimate of drug-likeness (QED) is 0.673. The van der Waals surface area contributed by atoms with Crippen LogP contribution in [0.1, 0.15) is 31.1 Å². The highest BCUT2D eigenvalue weighted by atomic mass is 127. The van der Waals surface area contributed by atoms with E-state index in [-0.39, 0.29) is 0 Å². The van der Waals surface area contributed by atoms with Crippen LogP contribution in [-0.2, 0) is 6.42 Å². The van der Waals surface area contributed by atoms with Crippen LogP contribution in [0.5, 0.6) is 0 Å². The van der Waals surface area contributed by atoms with Crippen molar-refractivity contribution in [2.75, 3.05) is 6.54 Å². The van der Waals surface area contributed by atoms with Crippen LogP contribution in [0.15, 0.2) is 54.6 Å². The van der Waals surface area contributed by atoms with Gasteiger partial charge in [-0.25, -0.2) is 0 Å². The predicted octanol–water partition coefficient (Wildman–Crippen LogP) is 4.18. The van der Waals surface area contributed by atoms with Crippen LogP contribution in [0.4, 0.5) is 0 Å². The van der Waals surface area contributed by atoms with E-state index in [0.717, 1.165) is 15.6 Å². The molecular weight excluding hydrogens is 385 g/mol. The third-order valence-electron chi connectivity index (χ3n) is 3.94. The van der Waals surface area contributed by atoms with Crippen LogP contribution in [0.25, 0.3) is 0 Å². The fourth-order valence-corrected chi connectivity index (χ4v) is 3.28. The van der Waals surface area contributed by atoms with Crippen molar-refractivity contribution < 1.29 is 5.11 Å². The Balaban J connectivity index is 1.96. The average Bonchev–Trinajstić information content (AvgIpc) is 2.52. The second-order valence-electron chi connectivity index (χ2n) is 5.99. The van der Waals surface area contributed by atoms with Crippen LogP contribution < -0.4 is 5.32 Å². The SMILES string of the molecule is CC(C)C(Cc1ccccc1)NC[C@H](O)c1ccccc1I. The Bertz CT molecular complexity index is 571. The maximum absolute atomic E-state index is 10.4. The molecule has 2 N–H and O–H groups in total. The van der Waals surface area contributed by atoms with Crippen molar-refractivity contribution in [3.8, 4) is 0 Å². The van der Waals surface area contributed by atoms with Gasteiger partial charge < -0.3 is 10.4 Å². The van der Waals surface area contributed by atoms with Crippen molar-refractivity contribution in [1.29, 1.82) is 0 Å². The van der Waals surface area contributed by atoms with Gasteiger partial charge in [0.1, 0.15) is 0 Å². The first-order chi connectivity index (χ1) is 10.6. The minimum atomic E-state index is -0.467. The molecule has 3 heteroatoms. The lowest BCUT2D eigenvalue weighted by atomic mass is 9.96. The average molecular weight is 409 g/mol. The Morgan fingerprint density at radius 3 is 2.27 bits per heavy atom. The molecule has 0 amide bonds. The molecule has 2 nitrogen and oxygen atoms in total. The van der Waals surface area contributed by atoms with Crippen molar-refractivity contribution in [2.45, 2.75) is 32.4 Å². The molecule has 0 aromatic heterocycles. The minimum Gasteiger partial charge on any atom is -0.387 e. The molecule has 0 bridgehead atoms. The maximum atomic E-state index is 10.4. The highest BCUT2D eigenvalue weighted by molar-refractivity contribution is 14.1. The molecule has 0 radical (unpaired) electrons. The lowest BCUT2D eigenvalue weighted by Crippen LogP contribution is -2.38. The summed E-state index contributed by atoms with van der Waals surface area (Å²) in [6, 6.07) is 18.9. The Hall–Kier alpha value is -0.910. The van der Waals surface area contributed by atoms with E-state index in [1.54, 1.807) is 0 Å². The van der Waals surface area contributed by atoms with Crippen molar-refractivity contribution in [1.82, 2.24) is 5.32 Å². The molecule has 0 saturated carbocycles. The van der Waals surface area contributed by atoms with Gasteiger partial charge in [0.15, 0.2) is 0 Å². The maximum Gasteiger partial charge on any atom is 0.0924 e. The van der Waals surface area contributed by atoms with Gasteiger partial charge in [-0.1, -0.05) is 62.4 Å². The third-order valence-corrected chi connectivity index (χ3v) is 4.92. The van der Waals surface area contributed by atoms with Gasteiger partial charge in [0.05, 0.1) is 6.10 Å². The van der Waals surface area contributed by atoms with Gasteiger partial charge in [-0.3, -0.25) is 0 Å². The summed E-state index contributed by atoms with van der Waals surface area (Å²) in [6.07, 6.45) is 0.516. The minimum absolute atomic E-state index is 0.360. The molecule has 22 heavy (non-hydrogen) atoms. The first-order valence-electron chi connectivity index (χ1n) is 7.77. The summed E-state index contributed by atoms with van der Waals surface area (Å²) < 4.78 is 1.11. The molecule has 2 aromatic carbocycles. The fraction of sp³-hybridized carbons (Fsp3) is 0.368. The summed E-state index contributed by atoms with van der Waals surface area (Å²) in [5.41, 5.74) is 2.33. The van der Waals surface area contributed by atoms with Crippen LogP contribution in [0.2, 0.25) is 0 Å². The summed E-state index contributed by atoms with van der Waals surface area (Å²) in [7, 11) is 0. The number of aliphatic hydroxyl groups is 1. The van der Waals surface area contributed by atoms with Gasteiger partial charge in [0, 0.05) is 16.2 Å². The monoisotopic (exact) mass is 409 g/mol. The van der Waals surface area contributed by atoms with E-state index in [9.17, 15) is 5.11 Å². The topological polar surface area (TPSA) is 32.3 Å². The molecule has 0 aliphatic rings. The van der Waals surface area contributed by atoms with Gasteiger partial charge in [0.2, 0.25) is 0 Å². The zero-order valence-electron chi connectivity index (χ0n) is 13.2. The number of nitrogens with one attached hydrogen (secondary N) is 1. The highest BCUT2D eigenvalue weighted by Gasteiger charge is 2.17. The number of halogens is 1. The van der Waals surface area contributed by atoms with E-state index in [1.807, 2.05) is 30.3 Å². The van der Waals surface area contributed by atoms with E-state index >= 15 is 0 Å². The van der Waals surface area contributed by atoms with Gasteiger partial charge in [0.25, 0.3) is 0 Å². The molecule has 2 aromatic rings. The molecule has 0 saturated heterocycles. The Morgan fingerprint density at radius 2 is 1.64 bits per heavy atom. The van der Waals surface area contributed by atoms with Crippen LogP contribution >= 0.6 is 22.6 Å². The van der Waals surface area contributed by atoms with Crippen molar-refractivity contribution in [2.24, 2.45) is 5.92 Å². The fourth-order valence-electron chi connectivity index (χ4n) is 2.53. The van der Waals surface area contributed by atoms with E-state index in [2.05, 4.69) is 66.0 Å². The molecule has 0 heterocycles. The van der Waals surface area contributed by atoms with Crippen LogP contribution in [-0.4, -0.2) is 17.7 Å². The van der Waals surface area contributed by atoms with Crippen molar-refractivity contribution in [3.63, 3.8) is 0 Å². The molecule has 2 rings (SSSR count). The Morgan fingerprint density at radius 1 is 1.00 bits per heavy atom. The van der Waals surface area contributed by atoms with Crippen molar-refractivity contribution >= 4 is 22.6 Å². The van der Waals surface area contributed by atoms with Crippen LogP contribution in [0.3, 0.4) is 0 Å². The number of hydrogen-bond acceptors (Lipinski definition) is 2. The predicted molar refractivity (Wildman–Crippen MR) is 101 cm³/mol. The van der Waals surface area contributed by atoms with Crippen LogP contribution in [0, 0.1) is 9.49 Å². The van der Waals surface area contributed by atoms with Gasteiger partial charge in [-0.15, -0.1) is 0 Å². The standard InChI is InChI=1S/C19H24INO/c1-14(2)18(12-15-8-4-3-5-9-15)21-13-19(22)16-10-6-7-11-17(16)20/h3-11,14,18-19,21-22H,12-13H2,1-2H3/t18?,19-/m0/s1. The molecule has 1 unspecified atom stereocenters. The summed E-state index contributed by atoms with van der Waals surface area (Å²) in [6.45, 7) is 5.02. The normalized spacial score (nSPS) is 14.0. The molecular formula is C19H24INO. The van der Waals surface area contributed by atoms with E-state index in [0.29, 0.717) is 18.5 Å². The van der Waals surface area contributed by atoms with Gasteiger partial charge in [-0.2, -0.15) is 0 Å². The first kappa shape index (κ1) is 17.4. The van der Waals surface area contributed by atoms with Gasteiger partial charge >= 0.3 is 0 Å². The Labute approximate surface area is 147 Å². The summed E-state index contributed by atoms with van der Waals surface area (Å²) in [5.74, 6) is 0.516. The lowest BCUT2D eigenvalue weighted by molar-refractivity contribution is 0.164. The second kappa shape index (κ2) is 8.65. The summed E-state index contributed by atoms with van der Waals surface area (Å²) >= 11 is 2.28. The number of hydrogen-bond donors (Lipinski definition) is 2. The molecule has 0 fully saturated rings. The summed E-state index contributed by atoms with van der Waals surface area (Å²) in [5, 5.41) is 14.0. The number of benzene rings is 2. The third kappa shape index (κ3) is 5.07. The van der Waals surface area contributed by atoms with Gasteiger partial charge in [-0.05, 0) is 52.1 Å². The first-order valence-corrected chi connectivity index (χ1v) is 8.85. The molecule has 118 valence electrons. The number of rotatable bonds is 7. The molecule has 2 atom stereocenters. The van der Waals surface area contributed by atoms with E-state index in [1.165, 1.54) is 5.56 Å². The van der Waals surface area contributed by atoms with Crippen molar-refractivity contribution in [3.05, 3.63) is 69.3 Å². The second-order valence-corrected chi connectivity index (χ2v) is 7.15. The smallest absolute Gasteiger partial charge is 0.0924 e. The summed E-state index contributed by atoms with van der Waals surface area (Å²) in [4.78, 5) is 0.